The van der Waals surface area contributed by atoms with Crippen LogP contribution < -0.4 is 5.69 Å². The molecule has 0 aliphatic rings. The molecule has 0 spiro atoms. The molecule has 5 heteroatoms. The van der Waals surface area contributed by atoms with Crippen LogP contribution in [0.5, 0.6) is 0 Å². The summed E-state index contributed by atoms with van der Waals surface area (Å²) < 4.78 is 0.408. The molecule has 0 saturated carbocycles. The van der Waals surface area contributed by atoms with Gasteiger partial charge in [-0.15, -0.1) is 0 Å². The van der Waals surface area contributed by atoms with E-state index in [1.54, 1.807) is 0 Å². The largest absolute Gasteiger partial charge is 0.324 e. The summed E-state index contributed by atoms with van der Waals surface area (Å²) in [6.45, 7) is 5.87. The van der Waals surface area contributed by atoms with Crippen molar-refractivity contribution in [2.45, 2.75) is 20.8 Å². The minimum atomic E-state index is -0.338. The number of halogens is 1. The molecule has 1 heterocycles. The van der Waals surface area contributed by atoms with E-state index in [1.807, 2.05) is 32.9 Å². The smallest absolute Gasteiger partial charge is 0.306 e. The molecule has 0 radical (unpaired) electrons. The fourth-order valence-corrected chi connectivity index (χ4v) is 1.78. The first-order chi connectivity index (χ1) is 7.59. The number of hydrogen-bond donors (Lipinski definition) is 2. The second-order valence-corrected chi connectivity index (χ2v) is 3.81. The standard InChI is InChI=1S/C9H7ClN2OS.C2H6/c1-4-2-3-5-7(6(4)10)11-9(13)12-8(5)14;1-2/h2-3H,1H3,(H2,11,12,13,14);1-2H3. The van der Waals surface area contributed by atoms with E-state index < -0.39 is 0 Å². The number of aryl methyl sites for hydroxylation is 1. The predicted octanol–water partition coefficient (Wildman–Crippen LogP) is 3.57. The maximum atomic E-state index is 11.1. The van der Waals surface area contributed by atoms with Gasteiger partial charge in [0.15, 0.2) is 0 Å². The van der Waals surface area contributed by atoms with Crippen molar-refractivity contribution in [1.82, 2.24) is 9.97 Å². The van der Waals surface area contributed by atoms with E-state index in [0.29, 0.717) is 15.2 Å². The van der Waals surface area contributed by atoms with Gasteiger partial charge in [-0.05, 0) is 18.6 Å². The molecule has 0 aliphatic heterocycles. The molecule has 0 aliphatic carbocycles. The number of aromatic nitrogens is 2. The van der Waals surface area contributed by atoms with Crippen molar-refractivity contribution in [3.05, 3.63) is 37.8 Å². The molecule has 2 N–H and O–H groups in total. The highest BCUT2D eigenvalue weighted by molar-refractivity contribution is 7.71. The minimum Gasteiger partial charge on any atom is -0.306 e. The van der Waals surface area contributed by atoms with Gasteiger partial charge in [0.2, 0.25) is 0 Å². The summed E-state index contributed by atoms with van der Waals surface area (Å²) in [4.78, 5) is 16.3. The lowest BCUT2D eigenvalue weighted by Gasteiger charge is -2.02. The molecule has 2 aromatic rings. The maximum absolute atomic E-state index is 11.1. The predicted molar refractivity (Wildman–Crippen MR) is 70.8 cm³/mol. The van der Waals surface area contributed by atoms with Crippen LogP contribution in [0.15, 0.2) is 16.9 Å². The lowest BCUT2D eigenvalue weighted by atomic mass is 10.2. The fourth-order valence-electron chi connectivity index (χ4n) is 1.31. The zero-order chi connectivity index (χ0) is 12.3. The lowest BCUT2D eigenvalue weighted by molar-refractivity contribution is 1.10. The molecule has 0 unspecified atom stereocenters. The highest BCUT2D eigenvalue weighted by Gasteiger charge is 2.04. The van der Waals surface area contributed by atoms with E-state index in [1.165, 1.54) is 0 Å². The van der Waals surface area contributed by atoms with Gasteiger partial charge in [-0.2, -0.15) is 0 Å². The number of aromatic amines is 2. The summed E-state index contributed by atoms with van der Waals surface area (Å²) in [5.41, 5.74) is 1.17. The van der Waals surface area contributed by atoms with Crippen molar-refractivity contribution in [1.29, 1.82) is 0 Å². The number of nitrogens with one attached hydrogen (secondary N) is 2. The second-order valence-electron chi connectivity index (χ2n) is 3.03. The summed E-state index contributed by atoms with van der Waals surface area (Å²) in [7, 11) is 0. The highest BCUT2D eigenvalue weighted by Crippen LogP contribution is 2.23. The normalized spacial score (nSPS) is 9.75. The number of hydrogen-bond acceptors (Lipinski definition) is 2. The van der Waals surface area contributed by atoms with E-state index in [-0.39, 0.29) is 5.69 Å². The summed E-state index contributed by atoms with van der Waals surface area (Å²) in [6.07, 6.45) is 0. The van der Waals surface area contributed by atoms with Crippen LogP contribution in [0.1, 0.15) is 19.4 Å². The average molecular weight is 257 g/mol. The summed E-state index contributed by atoms with van der Waals surface area (Å²) in [6, 6.07) is 3.71. The van der Waals surface area contributed by atoms with Crippen LogP contribution in [-0.2, 0) is 0 Å². The molecule has 3 nitrogen and oxygen atoms in total. The van der Waals surface area contributed by atoms with Crippen molar-refractivity contribution >= 4 is 34.7 Å². The Hall–Kier alpha value is -1.13. The average Bonchev–Trinajstić information content (AvgIpc) is 2.27. The van der Waals surface area contributed by atoms with Crippen LogP contribution in [0.25, 0.3) is 10.9 Å². The van der Waals surface area contributed by atoms with Crippen LogP contribution in [0.4, 0.5) is 0 Å². The Labute approximate surface area is 103 Å². The van der Waals surface area contributed by atoms with E-state index >= 15 is 0 Å². The van der Waals surface area contributed by atoms with Gasteiger partial charge in [0.25, 0.3) is 0 Å². The number of rotatable bonds is 0. The lowest BCUT2D eigenvalue weighted by Crippen LogP contribution is -2.10. The molecule has 16 heavy (non-hydrogen) atoms. The van der Waals surface area contributed by atoms with Crippen LogP contribution in [0, 0.1) is 11.6 Å². The Morgan fingerprint density at radius 2 is 1.88 bits per heavy atom. The van der Waals surface area contributed by atoms with E-state index in [0.717, 1.165) is 10.9 Å². The van der Waals surface area contributed by atoms with Gasteiger partial charge in [-0.25, -0.2) is 4.79 Å². The number of benzene rings is 1. The Morgan fingerprint density at radius 3 is 2.50 bits per heavy atom. The van der Waals surface area contributed by atoms with E-state index in [4.69, 9.17) is 23.8 Å². The monoisotopic (exact) mass is 256 g/mol. The van der Waals surface area contributed by atoms with E-state index in [9.17, 15) is 4.79 Å². The fraction of sp³-hybridized carbons (Fsp3) is 0.273. The van der Waals surface area contributed by atoms with Gasteiger partial charge in [0.05, 0.1) is 10.5 Å². The van der Waals surface area contributed by atoms with Crippen molar-refractivity contribution in [2.75, 3.05) is 0 Å². The zero-order valence-corrected chi connectivity index (χ0v) is 10.9. The SMILES string of the molecule is CC.Cc1ccc2c(=S)[nH]c(=O)[nH]c2c1Cl. The first kappa shape index (κ1) is 12.9. The first-order valence-corrected chi connectivity index (χ1v) is 5.79. The molecular weight excluding hydrogens is 244 g/mol. The Morgan fingerprint density at radius 1 is 1.25 bits per heavy atom. The quantitative estimate of drug-likeness (QED) is 0.708. The topological polar surface area (TPSA) is 48.6 Å². The molecule has 0 fully saturated rings. The zero-order valence-electron chi connectivity index (χ0n) is 9.35. The van der Waals surface area contributed by atoms with Gasteiger partial charge < -0.3 is 4.98 Å². The van der Waals surface area contributed by atoms with Crippen LogP contribution in [0.3, 0.4) is 0 Å². The third-order valence-corrected chi connectivity index (χ3v) is 2.85. The first-order valence-electron chi connectivity index (χ1n) is 5.01. The third kappa shape index (κ3) is 2.33. The number of fused-ring (bicyclic) bond motifs is 1. The molecule has 0 saturated heterocycles. The third-order valence-electron chi connectivity index (χ3n) is 2.05. The molecular formula is C11H13ClN2OS. The van der Waals surface area contributed by atoms with Gasteiger partial charge in [0.1, 0.15) is 4.64 Å². The highest BCUT2D eigenvalue weighted by atomic mass is 35.5. The summed E-state index contributed by atoms with van der Waals surface area (Å²) >= 11 is 11.0. The number of H-pyrrole nitrogens is 2. The maximum Gasteiger partial charge on any atom is 0.324 e. The Bertz CT molecular complexity index is 615. The molecule has 0 amide bonds. The van der Waals surface area contributed by atoms with Crippen LogP contribution >= 0.6 is 23.8 Å². The van der Waals surface area contributed by atoms with Gasteiger partial charge in [0, 0.05) is 5.39 Å². The molecule has 0 atom stereocenters. The Balaban J connectivity index is 0.000000606. The molecule has 86 valence electrons. The Kier molecular flexibility index (Phi) is 4.26. The summed E-state index contributed by atoms with van der Waals surface area (Å²) in [5, 5.41) is 1.30. The molecule has 1 aromatic heterocycles. The summed E-state index contributed by atoms with van der Waals surface area (Å²) in [5.74, 6) is 0. The van der Waals surface area contributed by atoms with Crippen molar-refractivity contribution in [2.24, 2.45) is 0 Å². The van der Waals surface area contributed by atoms with Crippen LogP contribution in [-0.4, -0.2) is 9.97 Å². The molecule has 1 aromatic carbocycles. The van der Waals surface area contributed by atoms with Gasteiger partial charge in [-0.1, -0.05) is 43.7 Å². The van der Waals surface area contributed by atoms with Crippen molar-refractivity contribution < 1.29 is 0 Å². The molecule has 0 bridgehead atoms. The van der Waals surface area contributed by atoms with Crippen molar-refractivity contribution in [3.8, 4) is 0 Å². The van der Waals surface area contributed by atoms with E-state index in [2.05, 4.69) is 9.97 Å². The minimum absolute atomic E-state index is 0.338. The second kappa shape index (κ2) is 5.27. The van der Waals surface area contributed by atoms with Gasteiger partial charge >= 0.3 is 5.69 Å². The van der Waals surface area contributed by atoms with Gasteiger partial charge in [-0.3, -0.25) is 4.98 Å². The van der Waals surface area contributed by atoms with Crippen molar-refractivity contribution in [3.63, 3.8) is 0 Å². The van der Waals surface area contributed by atoms with Crippen LogP contribution in [0.2, 0.25) is 5.02 Å². The molecule has 2 rings (SSSR count).